The van der Waals surface area contributed by atoms with Crippen LogP contribution in [0.2, 0.25) is 0 Å². The molecule has 0 amide bonds. The molecule has 2 aliphatic carbocycles. The van der Waals surface area contributed by atoms with Crippen molar-refractivity contribution in [1.29, 1.82) is 0 Å². The lowest BCUT2D eigenvalue weighted by molar-refractivity contribution is -0.385. The molecule has 3 rings (SSSR count). The van der Waals surface area contributed by atoms with Gasteiger partial charge in [-0.2, -0.15) is 0 Å². The van der Waals surface area contributed by atoms with Gasteiger partial charge in [-0.15, -0.1) is 0 Å². The summed E-state index contributed by atoms with van der Waals surface area (Å²) in [6, 6.07) is 2.74. The molecule has 1 N–H and O–H groups in total. The van der Waals surface area contributed by atoms with Crippen LogP contribution in [-0.4, -0.2) is 16.2 Å². The zero-order chi connectivity index (χ0) is 16.6. The number of allylic oxidation sites excluding steroid dienone is 2. The molecule has 0 aromatic heterocycles. The number of hydrogen-bond donors (Lipinski definition) is 1. The van der Waals surface area contributed by atoms with E-state index in [1.165, 1.54) is 12.1 Å². The van der Waals surface area contributed by atoms with Gasteiger partial charge >= 0.3 is 6.16 Å². The van der Waals surface area contributed by atoms with Crippen molar-refractivity contribution in [3.05, 3.63) is 45.5 Å². The Morgan fingerprint density at radius 1 is 1.26 bits per heavy atom. The lowest BCUT2D eigenvalue weighted by Gasteiger charge is -2.11. The minimum Gasteiger partial charge on any atom is -0.449 e. The number of fused-ring (bicyclic) bond motifs is 1. The van der Waals surface area contributed by atoms with Crippen molar-refractivity contribution < 1.29 is 19.6 Å². The molecule has 0 aliphatic heterocycles. The number of benzene rings is 1. The molecule has 2 unspecified atom stereocenters. The number of nitro benzene ring substituents is 1. The summed E-state index contributed by atoms with van der Waals surface area (Å²) in [6.07, 6.45) is 6.98. The van der Waals surface area contributed by atoms with E-state index < -0.39 is 6.16 Å². The van der Waals surface area contributed by atoms with Crippen molar-refractivity contribution in [2.75, 3.05) is 0 Å². The van der Waals surface area contributed by atoms with Crippen molar-refractivity contribution in [3.8, 4) is 5.75 Å². The monoisotopic (exact) mass is 317 g/mol. The smallest absolute Gasteiger partial charge is 0.449 e. The normalized spacial score (nSPS) is 27.3. The first-order valence-electron chi connectivity index (χ1n) is 7.84. The molecule has 6 nitrogen and oxygen atoms in total. The first kappa shape index (κ1) is 15.5. The highest BCUT2D eigenvalue weighted by Crippen LogP contribution is 2.61. The minimum atomic E-state index is -1.40. The molecular weight excluding hydrogens is 298 g/mol. The predicted molar refractivity (Wildman–Crippen MR) is 83.8 cm³/mol. The fraction of sp³-hybridized carbons (Fsp3) is 0.471. The molecule has 0 heterocycles. The summed E-state index contributed by atoms with van der Waals surface area (Å²) in [5.41, 5.74) is 1.31. The van der Waals surface area contributed by atoms with Crippen molar-refractivity contribution in [3.63, 3.8) is 0 Å². The summed E-state index contributed by atoms with van der Waals surface area (Å²) in [5, 5.41) is 20.2. The summed E-state index contributed by atoms with van der Waals surface area (Å²) in [7, 11) is 0. The summed E-state index contributed by atoms with van der Waals surface area (Å²) in [4.78, 5) is 21.9. The third kappa shape index (κ3) is 2.93. The van der Waals surface area contributed by atoms with Gasteiger partial charge in [0, 0.05) is 17.2 Å². The maximum absolute atomic E-state index is 11.4. The van der Waals surface area contributed by atoms with E-state index in [4.69, 9.17) is 9.84 Å². The summed E-state index contributed by atoms with van der Waals surface area (Å²) < 4.78 is 4.78. The molecule has 1 aromatic rings. The van der Waals surface area contributed by atoms with Gasteiger partial charge in [-0.1, -0.05) is 12.2 Å². The number of carboxylic acid groups (broad SMARTS) is 1. The second kappa shape index (κ2) is 6.02. The maximum atomic E-state index is 11.4. The van der Waals surface area contributed by atoms with E-state index in [1.54, 1.807) is 6.92 Å². The van der Waals surface area contributed by atoms with Crippen LogP contribution < -0.4 is 4.74 Å². The molecule has 2 atom stereocenters. The Morgan fingerprint density at radius 2 is 1.87 bits per heavy atom. The van der Waals surface area contributed by atoms with E-state index in [9.17, 15) is 14.9 Å². The highest BCUT2D eigenvalue weighted by molar-refractivity contribution is 5.64. The lowest BCUT2D eigenvalue weighted by Crippen LogP contribution is -2.07. The van der Waals surface area contributed by atoms with Gasteiger partial charge in [0.15, 0.2) is 0 Å². The first-order chi connectivity index (χ1) is 11.0. The summed E-state index contributed by atoms with van der Waals surface area (Å²) >= 11 is 0. The Hall–Kier alpha value is -2.37. The standard InChI is InChI=1S/C17H19NO5/c1-10-14(23-17(19)20)9-8-13(18(21)22)15(10)16-11-6-4-2-3-5-7-12(11)16/h2-3,8-9,11-12,16H,4-7H2,1H3,(H,19,20)/b3-2-. The van der Waals surface area contributed by atoms with E-state index in [2.05, 4.69) is 12.2 Å². The van der Waals surface area contributed by atoms with Crippen LogP contribution >= 0.6 is 0 Å². The molecule has 6 heteroatoms. The Balaban J connectivity index is 1.99. The maximum Gasteiger partial charge on any atom is 0.511 e. The molecule has 0 spiro atoms. The van der Waals surface area contributed by atoms with E-state index in [1.807, 2.05) is 0 Å². The molecule has 2 aliphatic rings. The Labute approximate surface area is 133 Å². The van der Waals surface area contributed by atoms with E-state index >= 15 is 0 Å². The molecular formula is C17H19NO5. The lowest BCUT2D eigenvalue weighted by atomic mass is 9.98. The minimum absolute atomic E-state index is 0.0740. The molecule has 0 saturated heterocycles. The number of ether oxygens (including phenoxy) is 1. The molecule has 1 fully saturated rings. The third-order valence-electron chi connectivity index (χ3n) is 5.00. The topological polar surface area (TPSA) is 89.7 Å². The van der Waals surface area contributed by atoms with Crippen molar-refractivity contribution in [1.82, 2.24) is 0 Å². The van der Waals surface area contributed by atoms with Crippen molar-refractivity contribution in [2.45, 2.75) is 38.5 Å². The fourth-order valence-corrected chi connectivity index (χ4v) is 3.95. The Morgan fingerprint density at radius 3 is 2.39 bits per heavy atom. The van der Waals surface area contributed by atoms with Crippen LogP contribution in [0.25, 0.3) is 0 Å². The highest BCUT2D eigenvalue weighted by atomic mass is 16.7. The second-order valence-corrected chi connectivity index (χ2v) is 6.23. The predicted octanol–water partition coefficient (Wildman–Crippen LogP) is 4.42. The van der Waals surface area contributed by atoms with Gasteiger partial charge in [0.2, 0.25) is 0 Å². The van der Waals surface area contributed by atoms with Gasteiger partial charge in [0.05, 0.1) is 4.92 Å². The number of rotatable bonds is 3. The number of carbonyl (C=O) groups is 1. The van der Waals surface area contributed by atoms with Gasteiger partial charge in [-0.3, -0.25) is 10.1 Å². The molecule has 0 radical (unpaired) electrons. The second-order valence-electron chi connectivity index (χ2n) is 6.23. The van der Waals surface area contributed by atoms with Crippen LogP contribution in [0.4, 0.5) is 10.5 Å². The number of nitro groups is 1. The van der Waals surface area contributed by atoms with Crippen LogP contribution in [-0.2, 0) is 0 Å². The first-order valence-corrected chi connectivity index (χ1v) is 7.84. The number of nitrogens with zero attached hydrogens (tertiary/aromatic N) is 1. The van der Waals surface area contributed by atoms with Crippen LogP contribution in [0, 0.1) is 28.9 Å². The zero-order valence-electron chi connectivity index (χ0n) is 12.9. The highest BCUT2D eigenvalue weighted by Gasteiger charge is 2.52. The van der Waals surface area contributed by atoms with E-state index in [-0.39, 0.29) is 22.3 Å². The van der Waals surface area contributed by atoms with Gasteiger partial charge in [0.1, 0.15) is 5.75 Å². The largest absolute Gasteiger partial charge is 0.511 e. The van der Waals surface area contributed by atoms with Crippen LogP contribution in [0.1, 0.15) is 42.7 Å². The van der Waals surface area contributed by atoms with Gasteiger partial charge < -0.3 is 9.84 Å². The zero-order valence-corrected chi connectivity index (χ0v) is 12.9. The molecule has 23 heavy (non-hydrogen) atoms. The molecule has 122 valence electrons. The summed E-state index contributed by atoms with van der Waals surface area (Å²) in [6.45, 7) is 1.71. The quantitative estimate of drug-likeness (QED) is 0.293. The third-order valence-corrected chi connectivity index (χ3v) is 5.00. The van der Waals surface area contributed by atoms with Crippen LogP contribution in [0.3, 0.4) is 0 Å². The molecule has 1 aromatic carbocycles. The summed E-state index contributed by atoms with van der Waals surface area (Å²) in [5.74, 6) is 1.21. The molecule has 0 bridgehead atoms. The SMILES string of the molecule is Cc1c(OC(=O)O)ccc([N+](=O)[O-])c1C1C2CC/C=C\CCC21. The van der Waals surface area contributed by atoms with Gasteiger partial charge in [-0.25, -0.2) is 4.79 Å². The van der Waals surface area contributed by atoms with Crippen LogP contribution in [0.5, 0.6) is 5.75 Å². The van der Waals surface area contributed by atoms with Gasteiger partial charge in [0.25, 0.3) is 5.69 Å². The van der Waals surface area contributed by atoms with Gasteiger partial charge in [-0.05, 0) is 56.4 Å². The Bertz CT molecular complexity index is 666. The van der Waals surface area contributed by atoms with Crippen molar-refractivity contribution in [2.24, 2.45) is 11.8 Å². The van der Waals surface area contributed by atoms with Crippen LogP contribution in [0.15, 0.2) is 24.3 Å². The average Bonchev–Trinajstić information content (AvgIpc) is 3.10. The van der Waals surface area contributed by atoms with Crippen molar-refractivity contribution >= 4 is 11.8 Å². The fourth-order valence-electron chi connectivity index (χ4n) is 3.95. The Kier molecular flexibility index (Phi) is 4.07. The van der Waals surface area contributed by atoms with E-state index in [0.717, 1.165) is 25.7 Å². The average molecular weight is 317 g/mol. The van der Waals surface area contributed by atoms with E-state index in [0.29, 0.717) is 23.0 Å². The molecule has 1 saturated carbocycles. The number of hydrogen-bond acceptors (Lipinski definition) is 4.